The summed E-state index contributed by atoms with van der Waals surface area (Å²) in [7, 11) is 0. The fraction of sp³-hybridized carbons (Fsp3) is 0.0526. The molecule has 0 spiro atoms. The zero-order valence-electron chi connectivity index (χ0n) is 13.6. The molecular formula is C19H13BrN6. The first-order chi connectivity index (χ1) is 12.8. The van der Waals surface area contributed by atoms with Crippen LogP contribution in [-0.2, 0) is 6.54 Å². The van der Waals surface area contributed by atoms with Crippen LogP contribution in [0.25, 0.3) is 16.9 Å². The van der Waals surface area contributed by atoms with Crippen molar-refractivity contribution in [2.24, 2.45) is 0 Å². The fourth-order valence-electron chi connectivity index (χ4n) is 2.74. The Kier molecular flexibility index (Phi) is 4.33. The summed E-state index contributed by atoms with van der Waals surface area (Å²) in [6, 6.07) is 15.8. The van der Waals surface area contributed by atoms with Crippen LogP contribution in [0.5, 0.6) is 0 Å². The minimum absolute atomic E-state index is 0.433. The molecule has 1 N–H and O–H groups in total. The molecule has 6 nitrogen and oxygen atoms in total. The number of fused-ring (bicyclic) bond motifs is 1. The van der Waals surface area contributed by atoms with Gasteiger partial charge in [0, 0.05) is 24.5 Å². The van der Waals surface area contributed by atoms with E-state index in [9.17, 15) is 5.26 Å². The Hall–Kier alpha value is -3.24. The molecule has 7 heteroatoms. The van der Waals surface area contributed by atoms with Gasteiger partial charge in [0.1, 0.15) is 16.4 Å². The van der Waals surface area contributed by atoms with Crippen molar-refractivity contribution >= 4 is 27.4 Å². The lowest BCUT2D eigenvalue weighted by atomic mass is 10.1. The number of pyridine rings is 1. The Morgan fingerprint density at radius 1 is 1.12 bits per heavy atom. The standard InChI is InChI=1S/C19H13BrN6/c20-16-12-24-19-18(23-11-13-5-4-8-22-10-13)25-17(15(9-21)26(16)19)14-6-2-1-3-7-14/h1-8,10,12H,11H2,(H,23,25). The minimum Gasteiger partial charge on any atom is -0.363 e. The van der Waals surface area contributed by atoms with Gasteiger partial charge < -0.3 is 5.32 Å². The van der Waals surface area contributed by atoms with E-state index < -0.39 is 0 Å². The van der Waals surface area contributed by atoms with Crippen LogP contribution in [0.2, 0.25) is 0 Å². The normalized spacial score (nSPS) is 10.6. The third-order valence-corrected chi connectivity index (χ3v) is 4.50. The van der Waals surface area contributed by atoms with E-state index in [1.165, 1.54) is 0 Å². The predicted octanol–water partition coefficient (Wildman–Crippen LogP) is 4.04. The van der Waals surface area contributed by atoms with Gasteiger partial charge in [0.15, 0.2) is 17.2 Å². The maximum Gasteiger partial charge on any atom is 0.182 e. The number of aromatic nitrogens is 4. The molecule has 26 heavy (non-hydrogen) atoms. The summed E-state index contributed by atoms with van der Waals surface area (Å²) >= 11 is 3.48. The first kappa shape index (κ1) is 16.2. The lowest BCUT2D eigenvalue weighted by molar-refractivity contribution is 1.04. The van der Waals surface area contributed by atoms with Crippen LogP contribution in [0.3, 0.4) is 0 Å². The molecule has 0 unspecified atom stereocenters. The molecule has 0 amide bonds. The third kappa shape index (κ3) is 2.91. The highest BCUT2D eigenvalue weighted by atomic mass is 79.9. The second-order valence-electron chi connectivity index (χ2n) is 5.59. The Balaban J connectivity index is 1.86. The number of halogens is 1. The number of benzene rings is 1. The van der Waals surface area contributed by atoms with Gasteiger partial charge in [-0.15, -0.1) is 0 Å². The summed E-state index contributed by atoms with van der Waals surface area (Å²) < 4.78 is 2.47. The lowest BCUT2D eigenvalue weighted by Crippen LogP contribution is -2.08. The average Bonchev–Trinajstić information content (AvgIpc) is 3.09. The van der Waals surface area contributed by atoms with Crippen LogP contribution in [0.4, 0.5) is 5.82 Å². The Labute approximate surface area is 158 Å². The first-order valence-corrected chi connectivity index (χ1v) is 8.72. The van der Waals surface area contributed by atoms with E-state index in [-0.39, 0.29) is 0 Å². The maximum absolute atomic E-state index is 9.73. The summed E-state index contributed by atoms with van der Waals surface area (Å²) in [4.78, 5) is 13.2. The van der Waals surface area contributed by atoms with Gasteiger partial charge in [-0.05, 0) is 27.6 Å². The zero-order chi connectivity index (χ0) is 17.9. The van der Waals surface area contributed by atoms with Gasteiger partial charge in [0.2, 0.25) is 0 Å². The van der Waals surface area contributed by atoms with E-state index in [1.807, 2.05) is 42.5 Å². The molecule has 0 radical (unpaired) electrons. The number of nitrogens with zero attached hydrogens (tertiary/aromatic N) is 5. The number of anilines is 1. The van der Waals surface area contributed by atoms with Crippen molar-refractivity contribution in [2.45, 2.75) is 6.54 Å². The lowest BCUT2D eigenvalue weighted by Gasteiger charge is -2.12. The van der Waals surface area contributed by atoms with Gasteiger partial charge in [-0.1, -0.05) is 36.4 Å². The van der Waals surface area contributed by atoms with Crippen LogP contribution in [0, 0.1) is 11.3 Å². The smallest absolute Gasteiger partial charge is 0.182 e. The van der Waals surface area contributed by atoms with E-state index in [0.29, 0.717) is 34.0 Å². The summed E-state index contributed by atoms with van der Waals surface area (Å²) in [6.07, 6.45) is 5.20. The van der Waals surface area contributed by atoms with Crippen LogP contribution in [-0.4, -0.2) is 19.4 Å². The fourth-order valence-corrected chi connectivity index (χ4v) is 3.19. The predicted molar refractivity (Wildman–Crippen MR) is 102 cm³/mol. The molecule has 0 atom stereocenters. The van der Waals surface area contributed by atoms with Gasteiger partial charge in [-0.2, -0.15) is 5.26 Å². The Bertz CT molecular complexity index is 1100. The van der Waals surface area contributed by atoms with Crippen molar-refractivity contribution in [1.82, 2.24) is 19.4 Å². The highest BCUT2D eigenvalue weighted by Crippen LogP contribution is 2.29. The molecule has 3 aromatic heterocycles. The van der Waals surface area contributed by atoms with Crippen molar-refractivity contribution in [1.29, 1.82) is 5.26 Å². The number of hydrogen-bond donors (Lipinski definition) is 1. The topological polar surface area (TPSA) is 78.9 Å². The van der Waals surface area contributed by atoms with Gasteiger partial charge in [0.25, 0.3) is 0 Å². The molecule has 4 aromatic rings. The molecule has 0 saturated heterocycles. The molecule has 4 rings (SSSR count). The van der Waals surface area contributed by atoms with E-state index in [4.69, 9.17) is 4.98 Å². The number of hydrogen-bond acceptors (Lipinski definition) is 5. The van der Waals surface area contributed by atoms with E-state index in [0.717, 1.165) is 11.1 Å². The molecule has 0 aliphatic carbocycles. The van der Waals surface area contributed by atoms with Crippen molar-refractivity contribution < 1.29 is 0 Å². The third-order valence-electron chi connectivity index (χ3n) is 3.94. The Morgan fingerprint density at radius 3 is 2.69 bits per heavy atom. The SMILES string of the molecule is N#Cc1c(-c2ccccc2)nc(NCc2cccnc2)c2ncc(Br)n12. The van der Waals surface area contributed by atoms with E-state index in [1.54, 1.807) is 23.0 Å². The van der Waals surface area contributed by atoms with Gasteiger partial charge in [-0.3, -0.25) is 9.38 Å². The van der Waals surface area contributed by atoms with Gasteiger partial charge >= 0.3 is 0 Å². The number of nitriles is 1. The molecule has 0 bridgehead atoms. The Morgan fingerprint density at radius 2 is 1.96 bits per heavy atom. The quantitative estimate of drug-likeness (QED) is 0.555. The van der Waals surface area contributed by atoms with Gasteiger partial charge in [0.05, 0.1) is 6.20 Å². The largest absolute Gasteiger partial charge is 0.363 e. The zero-order valence-corrected chi connectivity index (χ0v) is 15.2. The molecule has 0 saturated carbocycles. The van der Waals surface area contributed by atoms with Gasteiger partial charge in [-0.25, -0.2) is 9.97 Å². The molecule has 0 aliphatic heterocycles. The summed E-state index contributed by atoms with van der Waals surface area (Å²) in [5.74, 6) is 0.609. The molecule has 3 heterocycles. The number of nitrogens with one attached hydrogen (secondary N) is 1. The van der Waals surface area contributed by atoms with Crippen molar-refractivity contribution in [3.63, 3.8) is 0 Å². The molecule has 0 fully saturated rings. The van der Waals surface area contributed by atoms with Crippen LogP contribution < -0.4 is 5.32 Å². The van der Waals surface area contributed by atoms with E-state index in [2.05, 4.69) is 37.3 Å². The molecule has 0 aliphatic rings. The van der Waals surface area contributed by atoms with Crippen molar-refractivity contribution in [2.75, 3.05) is 5.32 Å². The average molecular weight is 405 g/mol. The van der Waals surface area contributed by atoms with Crippen LogP contribution in [0.15, 0.2) is 65.7 Å². The molecular weight excluding hydrogens is 392 g/mol. The minimum atomic E-state index is 0.433. The summed E-state index contributed by atoms with van der Waals surface area (Å²) in [5, 5.41) is 13.0. The van der Waals surface area contributed by atoms with Crippen LogP contribution >= 0.6 is 15.9 Å². The highest BCUT2D eigenvalue weighted by molar-refractivity contribution is 9.10. The molecule has 126 valence electrons. The first-order valence-electron chi connectivity index (χ1n) is 7.93. The number of rotatable bonds is 4. The summed E-state index contributed by atoms with van der Waals surface area (Å²) in [6.45, 7) is 0.557. The van der Waals surface area contributed by atoms with Crippen molar-refractivity contribution in [3.05, 3.63) is 76.9 Å². The summed E-state index contributed by atoms with van der Waals surface area (Å²) in [5.41, 5.74) is 3.53. The second kappa shape index (κ2) is 6.94. The van der Waals surface area contributed by atoms with E-state index >= 15 is 0 Å². The maximum atomic E-state index is 9.73. The second-order valence-corrected chi connectivity index (χ2v) is 6.40. The molecule has 1 aromatic carbocycles. The monoisotopic (exact) mass is 404 g/mol. The van der Waals surface area contributed by atoms with Crippen LogP contribution in [0.1, 0.15) is 11.3 Å². The van der Waals surface area contributed by atoms with Crippen molar-refractivity contribution in [3.8, 4) is 17.3 Å². The highest BCUT2D eigenvalue weighted by Gasteiger charge is 2.18. The number of imidazole rings is 1.